The number of nitriles is 1. The van der Waals surface area contributed by atoms with Crippen LogP contribution in [0.5, 0.6) is 0 Å². The smallest absolute Gasteiger partial charge is 0.186 e. The maximum atomic E-state index is 8.81. The van der Waals surface area contributed by atoms with Crippen molar-refractivity contribution in [2.75, 3.05) is 5.73 Å². The van der Waals surface area contributed by atoms with Crippen LogP contribution in [-0.4, -0.2) is 10.2 Å². The van der Waals surface area contributed by atoms with Crippen molar-refractivity contribution < 1.29 is 0 Å². The summed E-state index contributed by atoms with van der Waals surface area (Å²) in [5, 5.41) is 17.5. The molecule has 15 heavy (non-hydrogen) atoms. The highest BCUT2D eigenvalue weighted by atomic mass is 15.1. The molecule has 2 aromatic rings. The molecule has 4 heteroatoms. The number of rotatable bonds is 0. The molecule has 0 amide bonds. The van der Waals surface area contributed by atoms with Crippen molar-refractivity contribution >= 4 is 16.6 Å². The minimum Gasteiger partial charge on any atom is -0.396 e. The van der Waals surface area contributed by atoms with E-state index in [9.17, 15) is 0 Å². The second-order valence-electron chi connectivity index (χ2n) is 3.50. The Morgan fingerprint density at radius 3 is 2.53 bits per heavy atom. The van der Waals surface area contributed by atoms with Crippen molar-refractivity contribution in [3.8, 4) is 6.07 Å². The van der Waals surface area contributed by atoms with Gasteiger partial charge in [-0.3, -0.25) is 0 Å². The summed E-state index contributed by atoms with van der Waals surface area (Å²) in [5.41, 5.74) is 9.28. The quantitative estimate of drug-likeness (QED) is 0.699. The van der Waals surface area contributed by atoms with Crippen LogP contribution in [0.2, 0.25) is 0 Å². The van der Waals surface area contributed by atoms with Gasteiger partial charge in [0, 0.05) is 5.39 Å². The standard InChI is InChI=1S/C11H10N4/c1-6-3-4-7(2)11-9(6)10(13)8(5-12)14-15-11/h3-4H,1-2H3,(H2,13,15). The predicted molar refractivity (Wildman–Crippen MR) is 58.1 cm³/mol. The van der Waals surface area contributed by atoms with Crippen LogP contribution in [0, 0.1) is 25.2 Å². The van der Waals surface area contributed by atoms with Gasteiger partial charge in [0.2, 0.25) is 0 Å². The lowest BCUT2D eigenvalue weighted by atomic mass is 10.0. The van der Waals surface area contributed by atoms with Gasteiger partial charge < -0.3 is 5.73 Å². The van der Waals surface area contributed by atoms with E-state index in [1.165, 1.54) is 0 Å². The SMILES string of the molecule is Cc1ccc(C)c2c(N)c(C#N)nnc12. The first kappa shape index (κ1) is 9.41. The Morgan fingerprint density at radius 2 is 1.87 bits per heavy atom. The van der Waals surface area contributed by atoms with Crippen molar-refractivity contribution in [2.24, 2.45) is 0 Å². The van der Waals surface area contributed by atoms with Crippen LogP contribution in [0.15, 0.2) is 12.1 Å². The lowest BCUT2D eigenvalue weighted by Gasteiger charge is -2.07. The first-order valence-corrected chi connectivity index (χ1v) is 4.57. The number of nitrogens with two attached hydrogens (primary N) is 1. The lowest BCUT2D eigenvalue weighted by Crippen LogP contribution is -2.00. The zero-order chi connectivity index (χ0) is 11.0. The minimum absolute atomic E-state index is 0.191. The minimum atomic E-state index is 0.191. The summed E-state index contributed by atoms with van der Waals surface area (Å²) in [6, 6.07) is 5.87. The molecule has 0 saturated heterocycles. The summed E-state index contributed by atoms with van der Waals surface area (Å²) in [6.07, 6.45) is 0. The lowest BCUT2D eigenvalue weighted by molar-refractivity contribution is 1.05. The van der Waals surface area contributed by atoms with Gasteiger partial charge in [-0.05, 0) is 25.0 Å². The summed E-state index contributed by atoms with van der Waals surface area (Å²) >= 11 is 0. The molecule has 74 valence electrons. The molecule has 0 aliphatic carbocycles. The molecule has 4 nitrogen and oxygen atoms in total. The van der Waals surface area contributed by atoms with E-state index in [0.717, 1.165) is 22.0 Å². The third kappa shape index (κ3) is 1.29. The van der Waals surface area contributed by atoms with Gasteiger partial charge in [-0.15, -0.1) is 10.2 Å². The average molecular weight is 198 g/mol. The number of aromatic nitrogens is 2. The van der Waals surface area contributed by atoms with Gasteiger partial charge in [0.05, 0.1) is 11.2 Å². The van der Waals surface area contributed by atoms with Gasteiger partial charge in [0.25, 0.3) is 0 Å². The third-order valence-electron chi connectivity index (χ3n) is 2.47. The summed E-state index contributed by atoms with van der Waals surface area (Å²) in [6.45, 7) is 3.89. The molecule has 0 unspecified atom stereocenters. The molecule has 0 aliphatic rings. The van der Waals surface area contributed by atoms with E-state index in [-0.39, 0.29) is 5.69 Å². The van der Waals surface area contributed by atoms with Crippen molar-refractivity contribution in [3.05, 3.63) is 29.0 Å². The number of hydrogen-bond donors (Lipinski definition) is 1. The number of hydrogen-bond acceptors (Lipinski definition) is 4. The Balaban J connectivity index is 3.00. The Kier molecular flexibility index (Phi) is 2.01. The molecule has 0 spiro atoms. The van der Waals surface area contributed by atoms with E-state index in [1.807, 2.05) is 32.0 Å². The van der Waals surface area contributed by atoms with Gasteiger partial charge in [-0.1, -0.05) is 12.1 Å². The van der Waals surface area contributed by atoms with E-state index >= 15 is 0 Å². The molecule has 0 bridgehead atoms. The Morgan fingerprint density at radius 1 is 1.20 bits per heavy atom. The molecule has 2 rings (SSSR count). The molecular formula is C11H10N4. The van der Waals surface area contributed by atoms with Crippen LogP contribution >= 0.6 is 0 Å². The maximum absolute atomic E-state index is 8.81. The molecule has 1 aromatic heterocycles. The van der Waals surface area contributed by atoms with E-state index in [2.05, 4.69) is 10.2 Å². The fourth-order valence-corrected chi connectivity index (χ4v) is 1.62. The first-order chi connectivity index (χ1) is 7.15. The summed E-state index contributed by atoms with van der Waals surface area (Å²) in [5.74, 6) is 0. The zero-order valence-corrected chi connectivity index (χ0v) is 8.57. The van der Waals surface area contributed by atoms with Crippen LogP contribution in [-0.2, 0) is 0 Å². The van der Waals surface area contributed by atoms with Gasteiger partial charge >= 0.3 is 0 Å². The topological polar surface area (TPSA) is 75.6 Å². The highest BCUT2D eigenvalue weighted by molar-refractivity contribution is 5.95. The molecule has 0 saturated carbocycles. The molecule has 0 fully saturated rings. The van der Waals surface area contributed by atoms with E-state index < -0.39 is 0 Å². The number of fused-ring (bicyclic) bond motifs is 1. The van der Waals surface area contributed by atoms with Crippen molar-refractivity contribution in [3.63, 3.8) is 0 Å². The fourth-order valence-electron chi connectivity index (χ4n) is 1.62. The van der Waals surface area contributed by atoms with E-state index in [4.69, 9.17) is 11.0 Å². The first-order valence-electron chi connectivity index (χ1n) is 4.57. The fraction of sp³-hybridized carbons (Fsp3) is 0.182. The Hall–Kier alpha value is -2.15. The summed E-state index contributed by atoms with van der Waals surface area (Å²) in [4.78, 5) is 0. The highest BCUT2D eigenvalue weighted by Gasteiger charge is 2.10. The van der Waals surface area contributed by atoms with Crippen molar-refractivity contribution in [1.82, 2.24) is 10.2 Å². The zero-order valence-electron chi connectivity index (χ0n) is 8.57. The average Bonchev–Trinajstić information content (AvgIpc) is 2.23. The Bertz CT molecular complexity index is 581. The number of aryl methyl sites for hydroxylation is 2. The number of nitrogens with zero attached hydrogens (tertiary/aromatic N) is 3. The largest absolute Gasteiger partial charge is 0.396 e. The Labute approximate surface area is 87.3 Å². The van der Waals surface area contributed by atoms with Crippen molar-refractivity contribution in [2.45, 2.75) is 13.8 Å². The van der Waals surface area contributed by atoms with Crippen LogP contribution in [0.1, 0.15) is 16.8 Å². The predicted octanol–water partition coefficient (Wildman–Crippen LogP) is 1.70. The molecule has 1 heterocycles. The highest BCUT2D eigenvalue weighted by Crippen LogP contribution is 2.26. The van der Waals surface area contributed by atoms with Gasteiger partial charge in [0.15, 0.2) is 5.69 Å². The molecule has 0 radical (unpaired) electrons. The monoisotopic (exact) mass is 198 g/mol. The van der Waals surface area contributed by atoms with Crippen LogP contribution in [0.25, 0.3) is 10.9 Å². The number of benzene rings is 1. The molecular weight excluding hydrogens is 188 g/mol. The van der Waals surface area contributed by atoms with Crippen LogP contribution in [0.4, 0.5) is 5.69 Å². The normalized spacial score (nSPS) is 10.2. The maximum Gasteiger partial charge on any atom is 0.186 e. The molecule has 0 atom stereocenters. The van der Waals surface area contributed by atoms with Crippen LogP contribution < -0.4 is 5.73 Å². The van der Waals surface area contributed by atoms with E-state index in [0.29, 0.717) is 5.69 Å². The van der Waals surface area contributed by atoms with Crippen LogP contribution in [0.3, 0.4) is 0 Å². The molecule has 0 aliphatic heterocycles. The molecule has 1 aromatic carbocycles. The third-order valence-corrected chi connectivity index (χ3v) is 2.47. The van der Waals surface area contributed by atoms with Crippen molar-refractivity contribution in [1.29, 1.82) is 5.26 Å². The van der Waals surface area contributed by atoms with E-state index in [1.54, 1.807) is 0 Å². The number of nitrogen functional groups attached to an aromatic ring is 1. The number of anilines is 1. The second kappa shape index (κ2) is 3.21. The van der Waals surface area contributed by atoms with Gasteiger partial charge in [-0.25, -0.2) is 0 Å². The second-order valence-corrected chi connectivity index (χ2v) is 3.50. The molecule has 2 N–H and O–H groups in total. The van der Waals surface area contributed by atoms with Gasteiger partial charge in [0.1, 0.15) is 6.07 Å². The summed E-state index contributed by atoms with van der Waals surface area (Å²) in [7, 11) is 0. The summed E-state index contributed by atoms with van der Waals surface area (Å²) < 4.78 is 0. The van der Waals surface area contributed by atoms with Gasteiger partial charge in [-0.2, -0.15) is 5.26 Å².